The second-order valence-corrected chi connectivity index (χ2v) is 5.58. The summed E-state index contributed by atoms with van der Waals surface area (Å²) in [4.78, 5) is 5.24. The van der Waals surface area contributed by atoms with E-state index in [9.17, 15) is 0 Å². The standard InChI is InChI=1S/C13H27BrN2/c1-2-3-4-5-8-15-9-6-10-16(11-7-14)13-12-15/h2-13H2,1H3. The molecule has 2 nitrogen and oxygen atoms in total. The lowest BCUT2D eigenvalue weighted by atomic mass is 10.2. The second-order valence-electron chi connectivity index (χ2n) is 4.79. The molecule has 1 aliphatic rings. The molecule has 1 saturated heterocycles. The van der Waals surface area contributed by atoms with Gasteiger partial charge in [-0.05, 0) is 32.5 Å². The molecule has 0 amide bonds. The monoisotopic (exact) mass is 290 g/mol. The summed E-state index contributed by atoms with van der Waals surface area (Å²) in [6.07, 6.45) is 6.91. The Kier molecular flexibility index (Phi) is 8.52. The van der Waals surface area contributed by atoms with E-state index < -0.39 is 0 Å². The molecule has 3 heteroatoms. The van der Waals surface area contributed by atoms with Crippen LogP contribution in [0.15, 0.2) is 0 Å². The minimum Gasteiger partial charge on any atom is -0.302 e. The molecule has 16 heavy (non-hydrogen) atoms. The third-order valence-electron chi connectivity index (χ3n) is 3.41. The van der Waals surface area contributed by atoms with Crippen molar-refractivity contribution in [2.75, 3.05) is 44.6 Å². The maximum atomic E-state index is 3.53. The molecule has 1 rings (SSSR count). The fraction of sp³-hybridized carbons (Fsp3) is 1.00. The highest BCUT2D eigenvalue weighted by atomic mass is 79.9. The molecule has 0 bridgehead atoms. The molecule has 0 saturated carbocycles. The van der Waals surface area contributed by atoms with E-state index >= 15 is 0 Å². The van der Waals surface area contributed by atoms with Crippen molar-refractivity contribution in [3.8, 4) is 0 Å². The van der Waals surface area contributed by atoms with Crippen LogP contribution >= 0.6 is 15.9 Å². The minimum atomic E-state index is 1.11. The van der Waals surface area contributed by atoms with Gasteiger partial charge in [-0.25, -0.2) is 0 Å². The Morgan fingerprint density at radius 1 is 0.875 bits per heavy atom. The molecule has 0 aromatic carbocycles. The van der Waals surface area contributed by atoms with Crippen molar-refractivity contribution in [3.05, 3.63) is 0 Å². The number of rotatable bonds is 7. The van der Waals surface area contributed by atoms with Gasteiger partial charge in [0.1, 0.15) is 0 Å². The van der Waals surface area contributed by atoms with E-state index in [0.29, 0.717) is 0 Å². The average molecular weight is 291 g/mol. The van der Waals surface area contributed by atoms with Crippen LogP contribution in [0.25, 0.3) is 0 Å². The van der Waals surface area contributed by atoms with Gasteiger partial charge in [0, 0.05) is 25.0 Å². The van der Waals surface area contributed by atoms with Crippen LogP contribution in [-0.2, 0) is 0 Å². The zero-order valence-electron chi connectivity index (χ0n) is 10.8. The second kappa shape index (κ2) is 9.43. The van der Waals surface area contributed by atoms with Crippen LogP contribution in [0, 0.1) is 0 Å². The molecule has 0 radical (unpaired) electrons. The summed E-state index contributed by atoms with van der Waals surface area (Å²) in [6.45, 7) is 9.95. The Bertz CT molecular complexity index is 164. The lowest BCUT2D eigenvalue weighted by Gasteiger charge is -2.21. The molecule has 0 atom stereocenters. The van der Waals surface area contributed by atoms with Gasteiger partial charge in [-0.15, -0.1) is 0 Å². The molecule has 0 unspecified atom stereocenters. The summed E-state index contributed by atoms with van der Waals surface area (Å²) >= 11 is 3.53. The van der Waals surface area contributed by atoms with Gasteiger partial charge in [0.25, 0.3) is 0 Å². The first-order chi connectivity index (χ1) is 7.86. The molecular weight excluding hydrogens is 264 g/mol. The van der Waals surface area contributed by atoms with E-state index in [2.05, 4.69) is 32.7 Å². The molecule has 1 aliphatic heterocycles. The van der Waals surface area contributed by atoms with Gasteiger partial charge < -0.3 is 9.80 Å². The molecular formula is C13H27BrN2. The molecule has 0 aromatic heterocycles. The normalized spacial score (nSPS) is 19.9. The zero-order valence-corrected chi connectivity index (χ0v) is 12.3. The van der Waals surface area contributed by atoms with Crippen LogP contribution in [0.3, 0.4) is 0 Å². The van der Waals surface area contributed by atoms with Gasteiger partial charge in [-0.3, -0.25) is 0 Å². The topological polar surface area (TPSA) is 6.48 Å². The fourth-order valence-corrected chi connectivity index (χ4v) is 2.85. The Balaban J connectivity index is 2.10. The third kappa shape index (κ3) is 6.21. The number of unbranched alkanes of at least 4 members (excludes halogenated alkanes) is 3. The van der Waals surface area contributed by atoms with Crippen LogP contribution in [-0.4, -0.2) is 54.4 Å². The van der Waals surface area contributed by atoms with Crippen LogP contribution in [0.2, 0.25) is 0 Å². The Labute approximate surface area is 109 Å². The summed E-state index contributed by atoms with van der Waals surface area (Å²) < 4.78 is 0. The number of hydrogen-bond acceptors (Lipinski definition) is 2. The molecule has 0 aromatic rings. The van der Waals surface area contributed by atoms with E-state index in [-0.39, 0.29) is 0 Å². The average Bonchev–Trinajstić information content (AvgIpc) is 2.51. The highest BCUT2D eigenvalue weighted by Crippen LogP contribution is 2.06. The van der Waals surface area contributed by atoms with E-state index in [1.807, 2.05) is 0 Å². The van der Waals surface area contributed by atoms with Crippen LogP contribution < -0.4 is 0 Å². The highest BCUT2D eigenvalue weighted by Gasteiger charge is 2.13. The summed E-state index contributed by atoms with van der Waals surface area (Å²) in [7, 11) is 0. The SMILES string of the molecule is CCCCCCN1CCCN(CCBr)CC1. The van der Waals surface area contributed by atoms with Crippen molar-refractivity contribution < 1.29 is 0 Å². The number of hydrogen-bond donors (Lipinski definition) is 0. The lowest BCUT2D eigenvalue weighted by Crippen LogP contribution is -2.32. The van der Waals surface area contributed by atoms with Gasteiger partial charge in [-0.2, -0.15) is 0 Å². The zero-order chi connectivity index (χ0) is 11.6. The van der Waals surface area contributed by atoms with Crippen molar-refractivity contribution >= 4 is 15.9 Å². The molecule has 96 valence electrons. The van der Waals surface area contributed by atoms with Gasteiger partial charge in [0.15, 0.2) is 0 Å². The maximum absolute atomic E-state index is 3.53. The molecule has 1 heterocycles. The maximum Gasteiger partial charge on any atom is 0.0159 e. The van der Waals surface area contributed by atoms with E-state index in [4.69, 9.17) is 0 Å². The summed E-state index contributed by atoms with van der Waals surface area (Å²) in [5.41, 5.74) is 0. The molecule has 1 fully saturated rings. The van der Waals surface area contributed by atoms with Crippen molar-refractivity contribution in [2.24, 2.45) is 0 Å². The summed E-state index contributed by atoms with van der Waals surface area (Å²) in [5, 5.41) is 1.11. The van der Waals surface area contributed by atoms with Gasteiger partial charge >= 0.3 is 0 Å². The van der Waals surface area contributed by atoms with E-state index in [1.54, 1.807) is 0 Å². The smallest absolute Gasteiger partial charge is 0.0159 e. The van der Waals surface area contributed by atoms with Crippen LogP contribution in [0.4, 0.5) is 0 Å². The Hall–Kier alpha value is 0.400. The van der Waals surface area contributed by atoms with Crippen molar-refractivity contribution in [3.63, 3.8) is 0 Å². The predicted octanol–water partition coefficient (Wildman–Crippen LogP) is 2.97. The minimum absolute atomic E-state index is 1.11. The largest absolute Gasteiger partial charge is 0.302 e. The first-order valence-electron chi connectivity index (χ1n) is 6.87. The quantitative estimate of drug-likeness (QED) is 0.525. The third-order valence-corrected chi connectivity index (χ3v) is 3.76. The summed E-state index contributed by atoms with van der Waals surface area (Å²) in [5.74, 6) is 0. The van der Waals surface area contributed by atoms with Gasteiger partial charge in [0.2, 0.25) is 0 Å². The fourth-order valence-electron chi connectivity index (χ4n) is 2.35. The summed E-state index contributed by atoms with van der Waals surface area (Å²) in [6, 6.07) is 0. The van der Waals surface area contributed by atoms with Crippen molar-refractivity contribution in [1.29, 1.82) is 0 Å². The van der Waals surface area contributed by atoms with Crippen molar-refractivity contribution in [2.45, 2.75) is 39.0 Å². The van der Waals surface area contributed by atoms with Gasteiger partial charge in [-0.1, -0.05) is 42.1 Å². The molecule has 0 spiro atoms. The predicted molar refractivity (Wildman–Crippen MR) is 75.4 cm³/mol. The van der Waals surface area contributed by atoms with Crippen LogP contribution in [0.5, 0.6) is 0 Å². The first kappa shape index (κ1) is 14.5. The molecule has 0 N–H and O–H groups in total. The van der Waals surface area contributed by atoms with Crippen molar-refractivity contribution in [1.82, 2.24) is 9.80 Å². The Morgan fingerprint density at radius 3 is 2.19 bits per heavy atom. The highest BCUT2D eigenvalue weighted by molar-refractivity contribution is 9.09. The number of alkyl halides is 1. The lowest BCUT2D eigenvalue weighted by molar-refractivity contribution is 0.260. The number of halogens is 1. The Morgan fingerprint density at radius 2 is 1.56 bits per heavy atom. The molecule has 0 aliphatic carbocycles. The van der Waals surface area contributed by atoms with Crippen LogP contribution in [0.1, 0.15) is 39.0 Å². The number of nitrogens with zero attached hydrogens (tertiary/aromatic N) is 2. The van der Waals surface area contributed by atoms with E-state index in [1.165, 1.54) is 71.4 Å². The van der Waals surface area contributed by atoms with Gasteiger partial charge in [0.05, 0.1) is 0 Å². The van der Waals surface area contributed by atoms with E-state index in [0.717, 1.165) is 5.33 Å². The first-order valence-corrected chi connectivity index (χ1v) is 7.99.